The summed E-state index contributed by atoms with van der Waals surface area (Å²) in [5.41, 5.74) is 5.71. The SMILES string of the molecule is CC(C)CN=C(N)NCCc1nc(C(C)C)no1. The number of rotatable bonds is 6. The monoisotopic (exact) mass is 253 g/mol. The highest BCUT2D eigenvalue weighted by molar-refractivity contribution is 5.77. The minimum Gasteiger partial charge on any atom is -0.370 e. The molecule has 0 saturated carbocycles. The zero-order valence-electron chi connectivity index (χ0n) is 11.6. The second kappa shape index (κ2) is 6.98. The van der Waals surface area contributed by atoms with Gasteiger partial charge in [-0.3, -0.25) is 4.99 Å². The maximum absolute atomic E-state index is 5.71. The molecule has 0 fully saturated rings. The van der Waals surface area contributed by atoms with E-state index in [4.69, 9.17) is 10.3 Å². The van der Waals surface area contributed by atoms with Crippen LogP contribution in [-0.2, 0) is 6.42 Å². The molecule has 0 aliphatic rings. The molecule has 0 aliphatic heterocycles. The number of hydrogen-bond acceptors (Lipinski definition) is 4. The normalized spacial score (nSPS) is 12.4. The first kappa shape index (κ1) is 14.5. The Morgan fingerprint density at radius 2 is 2.11 bits per heavy atom. The van der Waals surface area contributed by atoms with Gasteiger partial charge in [0.1, 0.15) is 0 Å². The largest absolute Gasteiger partial charge is 0.370 e. The van der Waals surface area contributed by atoms with Crippen molar-refractivity contribution in [1.82, 2.24) is 15.5 Å². The number of nitrogens with one attached hydrogen (secondary N) is 1. The van der Waals surface area contributed by atoms with Gasteiger partial charge in [-0.1, -0.05) is 32.9 Å². The van der Waals surface area contributed by atoms with Gasteiger partial charge in [0.25, 0.3) is 0 Å². The van der Waals surface area contributed by atoms with Gasteiger partial charge in [0.15, 0.2) is 11.8 Å². The third-order valence-corrected chi connectivity index (χ3v) is 2.27. The standard InChI is InChI=1S/C12H23N5O/c1-8(2)7-15-12(13)14-6-5-10-16-11(9(3)4)17-18-10/h8-9H,5-7H2,1-4H3,(H3,13,14,15). The fourth-order valence-electron chi connectivity index (χ4n) is 1.24. The Morgan fingerprint density at radius 1 is 1.39 bits per heavy atom. The number of aromatic nitrogens is 2. The van der Waals surface area contributed by atoms with Crippen LogP contribution < -0.4 is 11.1 Å². The highest BCUT2D eigenvalue weighted by Gasteiger charge is 2.08. The summed E-state index contributed by atoms with van der Waals surface area (Å²) < 4.78 is 5.12. The molecule has 1 aromatic heterocycles. The van der Waals surface area contributed by atoms with Crippen molar-refractivity contribution >= 4 is 5.96 Å². The molecule has 0 atom stereocenters. The Hall–Kier alpha value is -1.59. The topological polar surface area (TPSA) is 89.3 Å². The maximum Gasteiger partial charge on any atom is 0.228 e. The van der Waals surface area contributed by atoms with Gasteiger partial charge in [-0.15, -0.1) is 0 Å². The van der Waals surface area contributed by atoms with Gasteiger partial charge >= 0.3 is 0 Å². The lowest BCUT2D eigenvalue weighted by atomic mass is 10.2. The van der Waals surface area contributed by atoms with E-state index in [1.54, 1.807) is 0 Å². The Kier molecular flexibility index (Phi) is 5.61. The number of aliphatic imine (C=N–C) groups is 1. The van der Waals surface area contributed by atoms with Gasteiger partial charge in [-0.2, -0.15) is 4.98 Å². The second-order valence-electron chi connectivity index (χ2n) is 5.00. The van der Waals surface area contributed by atoms with E-state index in [1.807, 2.05) is 13.8 Å². The van der Waals surface area contributed by atoms with E-state index in [1.165, 1.54) is 0 Å². The van der Waals surface area contributed by atoms with Crippen molar-refractivity contribution in [2.24, 2.45) is 16.6 Å². The first-order valence-corrected chi connectivity index (χ1v) is 6.35. The highest BCUT2D eigenvalue weighted by Crippen LogP contribution is 2.09. The molecular weight excluding hydrogens is 230 g/mol. The van der Waals surface area contributed by atoms with E-state index < -0.39 is 0 Å². The lowest BCUT2D eigenvalue weighted by molar-refractivity contribution is 0.371. The Bertz CT molecular complexity index is 384. The van der Waals surface area contributed by atoms with Crippen molar-refractivity contribution < 1.29 is 4.52 Å². The fourth-order valence-corrected chi connectivity index (χ4v) is 1.24. The molecule has 0 unspecified atom stereocenters. The Labute approximate surface area is 108 Å². The molecule has 0 radical (unpaired) electrons. The van der Waals surface area contributed by atoms with Crippen LogP contribution in [0.3, 0.4) is 0 Å². The molecule has 0 spiro atoms. The summed E-state index contributed by atoms with van der Waals surface area (Å²) in [5, 5.41) is 6.92. The number of hydrogen-bond donors (Lipinski definition) is 2. The lowest BCUT2D eigenvalue weighted by Crippen LogP contribution is -2.33. The van der Waals surface area contributed by atoms with Crippen LogP contribution >= 0.6 is 0 Å². The van der Waals surface area contributed by atoms with Crippen molar-refractivity contribution in [2.75, 3.05) is 13.1 Å². The molecule has 0 amide bonds. The molecule has 1 aromatic rings. The van der Waals surface area contributed by atoms with Gasteiger partial charge in [0.2, 0.25) is 5.89 Å². The van der Waals surface area contributed by atoms with E-state index in [0.717, 1.165) is 12.4 Å². The van der Waals surface area contributed by atoms with E-state index in [9.17, 15) is 0 Å². The second-order valence-corrected chi connectivity index (χ2v) is 5.00. The molecule has 18 heavy (non-hydrogen) atoms. The third-order valence-electron chi connectivity index (χ3n) is 2.27. The molecule has 1 rings (SSSR count). The van der Waals surface area contributed by atoms with Crippen molar-refractivity contribution in [1.29, 1.82) is 0 Å². The van der Waals surface area contributed by atoms with Crippen LogP contribution in [0.15, 0.2) is 9.52 Å². The van der Waals surface area contributed by atoms with Crippen molar-refractivity contribution in [3.8, 4) is 0 Å². The van der Waals surface area contributed by atoms with Crippen LogP contribution in [0.2, 0.25) is 0 Å². The highest BCUT2D eigenvalue weighted by atomic mass is 16.5. The van der Waals surface area contributed by atoms with Crippen LogP contribution in [0, 0.1) is 5.92 Å². The zero-order chi connectivity index (χ0) is 13.5. The first-order valence-electron chi connectivity index (χ1n) is 6.35. The molecule has 1 heterocycles. The quantitative estimate of drug-likeness (QED) is 0.589. The van der Waals surface area contributed by atoms with Gasteiger partial charge in [0.05, 0.1) is 0 Å². The van der Waals surface area contributed by atoms with E-state index in [0.29, 0.717) is 30.7 Å². The van der Waals surface area contributed by atoms with Crippen molar-refractivity contribution in [3.05, 3.63) is 11.7 Å². The van der Waals surface area contributed by atoms with E-state index in [-0.39, 0.29) is 5.92 Å². The van der Waals surface area contributed by atoms with Gasteiger partial charge in [-0.05, 0) is 5.92 Å². The van der Waals surface area contributed by atoms with E-state index in [2.05, 4.69) is 34.3 Å². The summed E-state index contributed by atoms with van der Waals surface area (Å²) in [7, 11) is 0. The summed E-state index contributed by atoms with van der Waals surface area (Å²) in [4.78, 5) is 8.49. The summed E-state index contributed by atoms with van der Waals surface area (Å²) >= 11 is 0. The average molecular weight is 253 g/mol. The smallest absolute Gasteiger partial charge is 0.228 e. The van der Waals surface area contributed by atoms with Crippen molar-refractivity contribution in [3.63, 3.8) is 0 Å². The number of guanidine groups is 1. The predicted octanol–water partition coefficient (Wildman–Crippen LogP) is 1.30. The summed E-state index contributed by atoms with van der Waals surface area (Å²) in [5.74, 6) is 2.63. The van der Waals surface area contributed by atoms with Crippen LogP contribution in [-0.4, -0.2) is 29.2 Å². The summed E-state index contributed by atoms with van der Waals surface area (Å²) in [6, 6.07) is 0. The minimum atomic E-state index is 0.285. The molecule has 3 N–H and O–H groups in total. The predicted molar refractivity (Wildman–Crippen MR) is 71.4 cm³/mol. The first-order chi connectivity index (χ1) is 8.49. The van der Waals surface area contributed by atoms with Crippen LogP contribution in [0.1, 0.15) is 45.3 Å². The fraction of sp³-hybridized carbons (Fsp3) is 0.750. The van der Waals surface area contributed by atoms with Crippen LogP contribution in [0.4, 0.5) is 0 Å². The lowest BCUT2D eigenvalue weighted by Gasteiger charge is -2.04. The molecule has 0 aliphatic carbocycles. The third kappa shape index (κ3) is 5.16. The Morgan fingerprint density at radius 3 is 2.67 bits per heavy atom. The average Bonchev–Trinajstić information content (AvgIpc) is 2.75. The van der Waals surface area contributed by atoms with Gasteiger partial charge in [0, 0.05) is 25.4 Å². The molecule has 0 bridgehead atoms. The molecular formula is C12H23N5O. The van der Waals surface area contributed by atoms with Gasteiger partial charge in [-0.25, -0.2) is 0 Å². The minimum absolute atomic E-state index is 0.285. The zero-order valence-corrected chi connectivity index (χ0v) is 11.6. The molecule has 0 saturated heterocycles. The summed E-state index contributed by atoms with van der Waals surface area (Å²) in [6.07, 6.45) is 0.650. The van der Waals surface area contributed by atoms with Gasteiger partial charge < -0.3 is 15.6 Å². The van der Waals surface area contributed by atoms with Crippen molar-refractivity contribution in [2.45, 2.75) is 40.0 Å². The molecule has 102 valence electrons. The number of nitrogens with zero attached hydrogens (tertiary/aromatic N) is 3. The Balaban J connectivity index is 2.30. The van der Waals surface area contributed by atoms with E-state index >= 15 is 0 Å². The van der Waals surface area contributed by atoms with Crippen LogP contribution in [0.25, 0.3) is 0 Å². The molecule has 0 aromatic carbocycles. The van der Waals surface area contributed by atoms with Crippen LogP contribution in [0.5, 0.6) is 0 Å². The summed E-state index contributed by atoms with van der Waals surface area (Å²) in [6.45, 7) is 9.64. The molecule has 6 heteroatoms. The number of nitrogens with two attached hydrogens (primary N) is 1. The molecule has 6 nitrogen and oxygen atoms in total. The maximum atomic E-state index is 5.71.